The van der Waals surface area contributed by atoms with Gasteiger partial charge in [0.05, 0.1) is 47.0 Å². The summed E-state index contributed by atoms with van der Waals surface area (Å²) in [6.45, 7) is 9.00. The molecule has 0 fully saturated rings. The molecular formula is C40H49N2O7P. The molecule has 0 heterocycles. The number of nitrogens with zero attached hydrogens (tertiary/aromatic N) is 2. The number of ether oxygens (including phenoxy) is 5. The minimum atomic E-state index is -1.60. The Morgan fingerprint density at radius 2 is 1.10 bits per heavy atom. The van der Waals surface area contributed by atoms with E-state index in [1.807, 2.05) is 91.0 Å². The molecule has 0 saturated heterocycles. The molecule has 10 heteroatoms. The maximum atomic E-state index is 9.29. The second kappa shape index (κ2) is 19.3. The van der Waals surface area contributed by atoms with Crippen LogP contribution in [0.1, 0.15) is 50.8 Å². The molecule has 0 aliphatic heterocycles. The molecule has 50 heavy (non-hydrogen) atoms. The van der Waals surface area contributed by atoms with E-state index in [-0.39, 0.29) is 38.3 Å². The van der Waals surface area contributed by atoms with E-state index in [1.54, 1.807) is 21.3 Å². The lowest BCUT2D eigenvalue weighted by Gasteiger charge is -2.39. The fourth-order valence-corrected chi connectivity index (χ4v) is 7.37. The molecule has 0 N–H and O–H groups in total. The molecule has 0 amide bonds. The average Bonchev–Trinajstić information content (AvgIpc) is 3.14. The molecule has 266 valence electrons. The second-order valence-electron chi connectivity index (χ2n) is 12.1. The summed E-state index contributed by atoms with van der Waals surface area (Å²) in [6, 6.07) is 35.8. The van der Waals surface area contributed by atoms with Crippen LogP contribution < -0.4 is 18.9 Å². The first-order valence-electron chi connectivity index (χ1n) is 16.8. The highest BCUT2D eigenvalue weighted by Crippen LogP contribution is 2.48. The number of nitriles is 1. The molecule has 0 bridgehead atoms. The molecule has 9 nitrogen and oxygen atoms in total. The predicted molar refractivity (Wildman–Crippen MR) is 197 cm³/mol. The van der Waals surface area contributed by atoms with E-state index in [0.29, 0.717) is 5.75 Å². The van der Waals surface area contributed by atoms with Crippen molar-refractivity contribution in [1.29, 1.82) is 5.26 Å². The van der Waals surface area contributed by atoms with E-state index in [9.17, 15) is 5.26 Å². The summed E-state index contributed by atoms with van der Waals surface area (Å²) in [4.78, 5) is 0. The van der Waals surface area contributed by atoms with Crippen molar-refractivity contribution in [1.82, 2.24) is 4.67 Å². The van der Waals surface area contributed by atoms with Crippen molar-refractivity contribution in [3.63, 3.8) is 0 Å². The van der Waals surface area contributed by atoms with Crippen LogP contribution in [0.15, 0.2) is 103 Å². The van der Waals surface area contributed by atoms with Gasteiger partial charge in [-0.05, 0) is 92.9 Å². The lowest BCUT2D eigenvalue weighted by Crippen LogP contribution is -2.39. The molecule has 0 saturated carbocycles. The van der Waals surface area contributed by atoms with Crippen LogP contribution in [0.5, 0.6) is 23.0 Å². The summed E-state index contributed by atoms with van der Waals surface area (Å²) in [6.07, 6.45) is -0.327. The first kappa shape index (κ1) is 38.6. The van der Waals surface area contributed by atoms with Crippen LogP contribution >= 0.6 is 8.53 Å². The van der Waals surface area contributed by atoms with Gasteiger partial charge in [-0.3, -0.25) is 0 Å². The van der Waals surface area contributed by atoms with Gasteiger partial charge in [0, 0.05) is 12.1 Å². The van der Waals surface area contributed by atoms with Gasteiger partial charge in [0.2, 0.25) is 0 Å². The topological polar surface area (TPSA) is 91.6 Å². The fraction of sp³-hybridized carbons (Fsp3) is 0.375. The molecule has 0 radical (unpaired) electrons. The van der Waals surface area contributed by atoms with Gasteiger partial charge in [0.25, 0.3) is 8.53 Å². The highest BCUT2D eigenvalue weighted by molar-refractivity contribution is 7.44. The van der Waals surface area contributed by atoms with E-state index >= 15 is 0 Å². The minimum absolute atomic E-state index is 0.120. The summed E-state index contributed by atoms with van der Waals surface area (Å²) in [5.74, 6) is 2.88. The minimum Gasteiger partial charge on any atom is -0.497 e. The van der Waals surface area contributed by atoms with E-state index in [4.69, 9.17) is 32.7 Å². The number of hydrogen-bond acceptors (Lipinski definition) is 9. The molecule has 0 aromatic heterocycles. The van der Waals surface area contributed by atoms with Crippen LogP contribution in [0.3, 0.4) is 0 Å². The Morgan fingerprint density at radius 1 is 0.640 bits per heavy atom. The summed E-state index contributed by atoms with van der Waals surface area (Å²) >= 11 is 0. The Kier molecular flexibility index (Phi) is 14.9. The van der Waals surface area contributed by atoms with Crippen LogP contribution in [-0.4, -0.2) is 64.0 Å². The van der Waals surface area contributed by atoms with Crippen molar-refractivity contribution in [3.8, 4) is 29.1 Å². The number of benzene rings is 4. The SMILES string of the molecule is COc1ccc(OCC(COC(c2ccccc2)(c2ccc(OC)cc2)c2ccc(OC)cc2)OP(OCCC#N)N(C(C)C)C(C)C)cc1. The molecule has 4 rings (SSSR count). The van der Waals surface area contributed by atoms with Gasteiger partial charge in [0.1, 0.15) is 41.3 Å². The Bertz CT molecular complexity index is 1540. The Balaban J connectivity index is 1.79. The summed E-state index contributed by atoms with van der Waals surface area (Å²) in [5, 5.41) is 9.29. The van der Waals surface area contributed by atoms with Crippen molar-refractivity contribution in [2.45, 2.75) is 57.9 Å². The largest absolute Gasteiger partial charge is 0.497 e. The lowest BCUT2D eigenvalue weighted by molar-refractivity contribution is -0.0450. The van der Waals surface area contributed by atoms with Crippen LogP contribution in [0.4, 0.5) is 0 Å². The molecular weight excluding hydrogens is 651 g/mol. The van der Waals surface area contributed by atoms with Crippen molar-refractivity contribution < 1.29 is 32.7 Å². The maximum absolute atomic E-state index is 9.29. The molecule has 2 unspecified atom stereocenters. The third kappa shape index (κ3) is 9.97. The van der Waals surface area contributed by atoms with Gasteiger partial charge in [-0.25, -0.2) is 4.67 Å². The molecule has 0 aliphatic rings. The Labute approximate surface area is 298 Å². The average molecular weight is 701 g/mol. The van der Waals surface area contributed by atoms with E-state index in [0.717, 1.165) is 33.9 Å². The van der Waals surface area contributed by atoms with Gasteiger partial charge >= 0.3 is 0 Å². The molecule has 2 atom stereocenters. The van der Waals surface area contributed by atoms with Gasteiger partial charge in [-0.15, -0.1) is 0 Å². The zero-order valence-electron chi connectivity index (χ0n) is 30.1. The number of methoxy groups -OCH3 is 3. The zero-order valence-corrected chi connectivity index (χ0v) is 31.0. The van der Waals surface area contributed by atoms with Crippen LogP contribution in [0.25, 0.3) is 0 Å². The monoisotopic (exact) mass is 700 g/mol. The van der Waals surface area contributed by atoms with Crippen molar-refractivity contribution in [3.05, 3.63) is 120 Å². The molecule has 0 spiro atoms. The third-order valence-electron chi connectivity index (χ3n) is 8.06. The Morgan fingerprint density at radius 3 is 1.56 bits per heavy atom. The fourth-order valence-electron chi connectivity index (χ4n) is 5.68. The van der Waals surface area contributed by atoms with Crippen LogP contribution in [-0.2, 0) is 19.4 Å². The Hall–Kier alpha value is -4.16. The number of hydrogen-bond donors (Lipinski definition) is 0. The molecule has 0 aliphatic carbocycles. The quantitative estimate of drug-likeness (QED) is 0.0510. The summed E-state index contributed by atoms with van der Waals surface area (Å²) in [7, 11) is 3.34. The van der Waals surface area contributed by atoms with Gasteiger partial charge in [0.15, 0.2) is 0 Å². The van der Waals surface area contributed by atoms with Crippen molar-refractivity contribution >= 4 is 8.53 Å². The van der Waals surface area contributed by atoms with Crippen molar-refractivity contribution in [2.75, 3.05) is 41.2 Å². The maximum Gasteiger partial charge on any atom is 0.259 e. The van der Waals surface area contributed by atoms with E-state index in [2.05, 4.69) is 50.6 Å². The van der Waals surface area contributed by atoms with Crippen molar-refractivity contribution in [2.24, 2.45) is 0 Å². The van der Waals surface area contributed by atoms with Crippen LogP contribution in [0.2, 0.25) is 0 Å². The van der Waals surface area contributed by atoms with Crippen LogP contribution in [0, 0.1) is 11.3 Å². The highest BCUT2D eigenvalue weighted by atomic mass is 31.2. The molecule has 4 aromatic carbocycles. The standard InChI is InChI=1S/C40H49N2O7P/c1-30(2)42(31(3)4)50(48-27-11-26-41)49-39(28-46-38-24-22-37(45-7)23-25-38)29-47-40(32-12-9-8-10-13-32,33-14-18-35(43-5)19-15-33)34-16-20-36(44-6)21-17-34/h8-10,12-25,30-31,39H,11,27-29H2,1-7H3. The van der Waals surface area contributed by atoms with E-state index in [1.165, 1.54) is 0 Å². The highest BCUT2D eigenvalue weighted by Gasteiger charge is 2.40. The smallest absolute Gasteiger partial charge is 0.259 e. The first-order chi connectivity index (χ1) is 24.2. The van der Waals surface area contributed by atoms with E-state index < -0.39 is 20.2 Å². The second-order valence-corrected chi connectivity index (χ2v) is 13.5. The third-order valence-corrected chi connectivity index (χ3v) is 10.2. The first-order valence-corrected chi connectivity index (χ1v) is 17.9. The normalized spacial score (nSPS) is 12.8. The lowest BCUT2D eigenvalue weighted by atomic mass is 9.80. The van der Waals surface area contributed by atoms with Gasteiger partial charge < -0.3 is 32.7 Å². The van der Waals surface area contributed by atoms with Gasteiger partial charge in [-0.1, -0.05) is 54.6 Å². The molecule has 4 aromatic rings. The predicted octanol–water partition coefficient (Wildman–Crippen LogP) is 8.76. The summed E-state index contributed by atoms with van der Waals surface area (Å²) in [5.41, 5.74) is 1.69. The van der Waals surface area contributed by atoms with Gasteiger partial charge in [-0.2, -0.15) is 5.26 Å². The zero-order chi connectivity index (χ0) is 35.9. The number of rotatable bonds is 20. The summed E-state index contributed by atoms with van der Waals surface area (Å²) < 4.78 is 45.3.